The molecule has 0 aliphatic carbocycles. The fraction of sp³-hybridized carbons (Fsp3) is 0.200. The highest BCUT2D eigenvalue weighted by molar-refractivity contribution is 14.1. The summed E-state index contributed by atoms with van der Waals surface area (Å²) in [7, 11) is 1.88. The zero-order chi connectivity index (χ0) is 13.8. The first-order valence-electron chi connectivity index (χ1n) is 5.97. The fourth-order valence-electron chi connectivity index (χ4n) is 1.97. The van der Waals surface area contributed by atoms with Crippen molar-refractivity contribution in [3.8, 4) is 0 Å². The molecule has 0 aliphatic rings. The summed E-state index contributed by atoms with van der Waals surface area (Å²) in [5.74, 6) is -0.373. The average Bonchev–Trinajstić information content (AvgIpc) is 2.41. The summed E-state index contributed by atoms with van der Waals surface area (Å²) in [5.41, 5.74) is 2.12. The number of benzene rings is 2. The Kier molecular flexibility index (Phi) is 5.19. The molecule has 1 unspecified atom stereocenters. The van der Waals surface area contributed by atoms with E-state index in [2.05, 4.69) is 52.2 Å². The molecular weight excluding hydrogens is 376 g/mol. The Bertz CT molecular complexity index is 557. The van der Waals surface area contributed by atoms with Gasteiger partial charge in [-0.25, -0.2) is 4.39 Å². The molecular formula is C15H14ClFIN. The van der Waals surface area contributed by atoms with Gasteiger partial charge in [-0.1, -0.05) is 29.8 Å². The molecule has 0 radical (unpaired) electrons. The molecule has 1 N–H and O–H groups in total. The lowest BCUT2D eigenvalue weighted by Crippen LogP contribution is -2.19. The maximum atomic E-state index is 13.5. The molecule has 19 heavy (non-hydrogen) atoms. The summed E-state index contributed by atoms with van der Waals surface area (Å²) in [6, 6.07) is 13.4. The van der Waals surface area contributed by atoms with Crippen molar-refractivity contribution in [2.45, 2.75) is 12.5 Å². The normalized spacial score (nSPS) is 12.4. The molecule has 1 atom stereocenters. The summed E-state index contributed by atoms with van der Waals surface area (Å²) in [6.07, 6.45) is 0.814. The lowest BCUT2D eigenvalue weighted by Gasteiger charge is -2.17. The van der Waals surface area contributed by atoms with Crippen LogP contribution in [0.25, 0.3) is 0 Å². The van der Waals surface area contributed by atoms with E-state index in [1.165, 1.54) is 15.2 Å². The van der Waals surface area contributed by atoms with Gasteiger partial charge in [0.25, 0.3) is 0 Å². The van der Waals surface area contributed by atoms with Crippen molar-refractivity contribution >= 4 is 34.2 Å². The van der Waals surface area contributed by atoms with Gasteiger partial charge < -0.3 is 5.32 Å². The van der Waals surface area contributed by atoms with Gasteiger partial charge in [0.1, 0.15) is 5.82 Å². The van der Waals surface area contributed by atoms with Crippen LogP contribution < -0.4 is 5.32 Å². The summed E-state index contributed by atoms with van der Waals surface area (Å²) in [6.45, 7) is 0. The van der Waals surface area contributed by atoms with Crippen molar-refractivity contribution in [3.63, 3.8) is 0 Å². The van der Waals surface area contributed by atoms with Crippen LogP contribution in [0.4, 0.5) is 4.39 Å². The van der Waals surface area contributed by atoms with Crippen molar-refractivity contribution < 1.29 is 4.39 Å². The van der Waals surface area contributed by atoms with Crippen molar-refractivity contribution in [1.82, 2.24) is 5.32 Å². The number of likely N-dealkylation sites (N-methyl/N-ethyl adjacent to an activating group) is 1. The third-order valence-corrected chi connectivity index (χ3v) is 4.07. The maximum absolute atomic E-state index is 13.5. The van der Waals surface area contributed by atoms with Gasteiger partial charge in [-0.15, -0.1) is 0 Å². The molecule has 0 bridgehead atoms. The second-order valence-corrected chi connectivity index (χ2v) is 6.00. The molecule has 4 heteroatoms. The van der Waals surface area contributed by atoms with Gasteiger partial charge in [-0.3, -0.25) is 0 Å². The van der Waals surface area contributed by atoms with Gasteiger partial charge in [0, 0.05) is 9.61 Å². The van der Waals surface area contributed by atoms with Crippen molar-refractivity contribution in [2.75, 3.05) is 7.05 Å². The SMILES string of the molecule is CNC(Cc1ccc(I)cc1)c1ccc(Cl)c(F)c1. The van der Waals surface area contributed by atoms with E-state index in [0.717, 1.165) is 12.0 Å². The smallest absolute Gasteiger partial charge is 0.142 e. The van der Waals surface area contributed by atoms with Crippen LogP contribution in [0.2, 0.25) is 5.02 Å². The molecule has 2 rings (SSSR count). The molecule has 0 aromatic heterocycles. The Morgan fingerprint density at radius 1 is 1.21 bits per heavy atom. The molecule has 100 valence electrons. The van der Waals surface area contributed by atoms with Gasteiger partial charge >= 0.3 is 0 Å². The van der Waals surface area contributed by atoms with Crippen LogP contribution in [-0.4, -0.2) is 7.05 Å². The van der Waals surface area contributed by atoms with E-state index in [1.54, 1.807) is 6.07 Å². The second-order valence-electron chi connectivity index (χ2n) is 4.35. The molecule has 0 saturated carbocycles. The largest absolute Gasteiger partial charge is 0.313 e. The molecule has 1 nitrogen and oxygen atoms in total. The molecule has 2 aromatic carbocycles. The predicted octanol–water partition coefficient (Wildman–Crippen LogP) is 4.59. The predicted molar refractivity (Wildman–Crippen MR) is 86.1 cm³/mol. The first-order chi connectivity index (χ1) is 9.10. The van der Waals surface area contributed by atoms with E-state index in [1.807, 2.05) is 13.1 Å². The van der Waals surface area contributed by atoms with E-state index in [4.69, 9.17) is 11.6 Å². The third kappa shape index (κ3) is 3.91. The number of hydrogen-bond acceptors (Lipinski definition) is 1. The van der Waals surface area contributed by atoms with Crippen molar-refractivity contribution in [3.05, 3.63) is 68.0 Å². The Morgan fingerprint density at radius 3 is 2.47 bits per heavy atom. The fourth-order valence-corrected chi connectivity index (χ4v) is 2.45. The van der Waals surface area contributed by atoms with E-state index in [9.17, 15) is 4.39 Å². The van der Waals surface area contributed by atoms with Crippen molar-refractivity contribution in [1.29, 1.82) is 0 Å². The minimum absolute atomic E-state index is 0.0758. The van der Waals surface area contributed by atoms with Crippen molar-refractivity contribution in [2.24, 2.45) is 0 Å². The number of nitrogens with one attached hydrogen (secondary N) is 1. The lowest BCUT2D eigenvalue weighted by molar-refractivity contribution is 0.577. The standard InChI is InChI=1S/C15H14ClFIN/c1-19-15(8-10-2-5-12(18)6-3-10)11-4-7-13(16)14(17)9-11/h2-7,9,15,19H,8H2,1H3. The van der Waals surface area contributed by atoms with Gasteiger partial charge in [0.05, 0.1) is 5.02 Å². The van der Waals surface area contributed by atoms with E-state index >= 15 is 0 Å². The average molecular weight is 390 g/mol. The minimum Gasteiger partial charge on any atom is -0.313 e. The quantitative estimate of drug-likeness (QED) is 0.754. The summed E-state index contributed by atoms with van der Waals surface area (Å²) in [4.78, 5) is 0. The van der Waals surface area contributed by atoms with E-state index in [0.29, 0.717) is 0 Å². The molecule has 0 aliphatic heterocycles. The Hall–Kier alpha value is -0.650. The Balaban J connectivity index is 2.19. The third-order valence-electron chi connectivity index (χ3n) is 3.05. The lowest BCUT2D eigenvalue weighted by atomic mass is 9.99. The first-order valence-corrected chi connectivity index (χ1v) is 7.42. The van der Waals surface area contributed by atoms with Crippen LogP contribution in [0.3, 0.4) is 0 Å². The highest BCUT2D eigenvalue weighted by Crippen LogP contribution is 2.23. The number of rotatable bonds is 4. The van der Waals surface area contributed by atoms with E-state index < -0.39 is 0 Å². The zero-order valence-corrected chi connectivity index (χ0v) is 13.4. The first kappa shape index (κ1) is 14.8. The molecule has 2 aromatic rings. The monoisotopic (exact) mass is 389 g/mol. The molecule has 0 fully saturated rings. The van der Waals surface area contributed by atoms with Crippen LogP contribution >= 0.6 is 34.2 Å². The van der Waals surface area contributed by atoms with Crippen LogP contribution in [0.15, 0.2) is 42.5 Å². The van der Waals surface area contributed by atoms with E-state index in [-0.39, 0.29) is 16.9 Å². The van der Waals surface area contributed by atoms with Gasteiger partial charge in [0.15, 0.2) is 0 Å². The van der Waals surface area contributed by atoms with Gasteiger partial charge in [-0.2, -0.15) is 0 Å². The highest BCUT2D eigenvalue weighted by atomic mass is 127. The second kappa shape index (κ2) is 6.68. The Labute approximate surface area is 131 Å². The van der Waals surface area contributed by atoms with Crippen LogP contribution in [-0.2, 0) is 6.42 Å². The van der Waals surface area contributed by atoms with Gasteiger partial charge in [0.2, 0.25) is 0 Å². The minimum atomic E-state index is -0.373. The highest BCUT2D eigenvalue weighted by Gasteiger charge is 2.12. The van der Waals surface area contributed by atoms with Crippen LogP contribution in [0.1, 0.15) is 17.2 Å². The van der Waals surface area contributed by atoms with Crippen LogP contribution in [0, 0.1) is 9.39 Å². The molecule has 0 spiro atoms. The summed E-state index contributed by atoms with van der Waals surface area (Å²) >= 11 is 7.99. The Morgan fingerprint density at radius 2 is 1.89 bits per heavy atom. The molecule has 0 heterocycles. The maximum Gasteiger partial charge on any atom is 0.142 e. The summed E-state index contributed by atoms with van der Waals surface area (Å²) < 4.78 is 14.7. The molecule has 0 amide bonds. The summed E-state index contributed by atoms with van der Waals surface area (Å²) in [5, 5.41) is 3.38. The zero-order valence-electron chi connectivity index (χ0n) is 10.5. The van der Waals surface area contributed by atoms with Gasteiger partial charge in [-0.05, 0) is 71.5 Å². The topological polar surface area (TPSA) is 12.0 Å². The number of halogens is 3. The molecule has 0 saturated heterocycles. The number of hydrogen-bond donors (Lipinski definition) is 1. The van der Waals surface area contributed by atoms with Crippen LogP contribution in [0.5, 0.6) is 0 Å².